The van der Waals surface area contributed by atoms with E-state index in [1.165, 1.54) is 0 Å². The normalized spacial score (nSPS) is 28.0. The maximum atomic E-state index is 13.2. The van der Waals surface area contributed by atoms with Gasteiger partial charge in [0.05, 0.1) is 11.1 Å². The first-order valence-corrected chi connectivity index (χ1v) is 9.54. The van der Waals surface area contributed by atoms with Crippen molar-refractivity contribution in [2.24, 2.45) is 10.8 Å². The van der Waals surface area contributed by atoms with Crippen LogP contribution in [0, 0.1) is 17.8 Å². The smallest absolute Gasteiger partial charge is 0.229 e. The number of amides is 1. The molecule has 1 spiro atoms. The number of aliphatic hydroxyl groups is 1. The van der Waals surface area contributed by atoms with Gasteiger partial charge in [-0.25, -0.2) is 0 Å². The van der Waals surface area contributed by atoms with Crippen molar-refractivity contribution in [3.8, 4) is 0 Å². The summed E-state index contributed by atoms with van der Waals surface area (Å²) in [6, 6.07) is 3.91. The molecule has 4 rings (SSSR count). The fourth-order valence-corrected chi connectivity index (χ4v) is 5.00. The fourth-order valence-electron chi connectivity index (χ4n) is 5.00. The number of halogens is 2. The molecule has 2 N–H and O–H groups in total. The highest BCUT2D eigenvalue weighted by molar-refractivity contribution is 5.87. The standard InChI is InChI=1S/C20H29N3O2.2ClH/c1-15-3-4-16(22-13-15)20(25)7-11-23(12-8-20)17(24)18(2)14-19(18)5-9-21-10-6-19;;/h3-4,13,21,25H,5-12,14H2,1-2H3;2*1H. The van der Waals surface area contributed by atoms with Crippen LogP contribution in [0.5, 0.6) is 0 Å². The second-order valence-corrected chi connectivity index (χ2v) is 8.58. The molecule has 0 aromatic carbocycles. The lowest BCUT2D eigenvalue weighted by molar-refractivity contribution is -0.142. The Morgan fingerprint density at radius 1 is 1.15 bits per heavy atom. The molecule has 7 heteroatoms. The van der Waals surface area contributed by atoms with E-state index in [0.29, 0.717) is 31.8 Å². The molecule has 0 bridgehead atoms. The van der Waals surface area contributed by atoms with E-state index in [2.05, 4.69) is 17.2 Å². The number of hydrogen-bond donors (Lipinski definition) is 2. The summed E-state index contributed by atoms with van der Waals surface area (Å²) < 4.78 is 0. The van der Waals surface area contributed by atoms with Crippen molar-refractivity contribution in [2.75, 3.05) is 26.2 Å². The molecule has 1 aliphatic carbocycles. The quantitative estimate of drug-likeness (QED) is 0.778. The van der Waals surface area contributed by atoms with Crippen LogP contribution in [-0.2, 0) is 10.4 Å². The van der Waals surface area contributed by atoms with Gasteiger partial charge in [-0.2, -0.15) is 0 Å². The molecule has 27 heavy (non-hydrogen) atoms. The Kier molecular flexibility index (Phi) is 6.52. The number of nitrogens with zero attached hydrogens (tertiary/aromatic N) is 2. The van der Waals surface area contributed by atoms with Crippen LogP contribution < -0.4 is 5.32 Å². The van der Waals surface area contributed by atoms with E-state index in [1.807, 2.05) is 24.0 Å². The van der Waals surface area contributed by atoms with Gasteiger partial charge in [0, 0.05) is 19.3 Å². The van der Waals surface area contributed by atoms with Crippen LogP contribution in [0.15, 0.2) is 18.3 Å². The molecule has 1 saturated carbocycles. The highest BCUT2D eigenvalue weighted by atomic mass is 35.5. The lowest BCUT2D eigenvalue weighted by Crippen LogP contribution is -2.48. The Bertz CT molecular complexity index is 668. The van der Waals surface area contributed by atoms with Crippen LogP contribution in [0.4, 0.5) is 0 Å². The van der Waals surface area contributed by atoms with E-state index < -0.39 is 5.60 Å². The van der Waals surface area contributed by atoms with Crippen molar-refractivity contribution in [2.45, 2.75) is 51.6 Å². The monoisotopic (exact) mass is 415 g/mol. The van der Waals surface area contributed by atoms with Gasteiger partial charge in [-0.1, -0.05) is 13.0 Å². The van der Waals surface area contributed by atoms with Crippen molar-refractivity contribution in [3.63, 3.8) is 0 Å². The van der Waals surface area contributed by atoms with E-state index >= 15 is 0 Å². The minimum Gasteiger partial charge on any atom is -0.383 e. The molecule has 1 atom stereocenters. The lowest BCUT2D eigenvalue weighted by Gasteiger charge is -2.40. The number of carbonyl (C=O) groups is 1. The summed E-state index contributed by atoms with van der Waals surface area (Å²) in [4.78, 5) is 19.6. The molecule has 0 radical (unpaired) electrons. The third-order valence-corrected chi connectivity index (χ3v) is 7.04. The molecule has 3 fully saturated rings. The van der Waals surface area contributed by atoms with Crippen LogP contribution in [0.25, 0.3) is 0 Å². The molecular formula is C20H31Cl2N3O2. The zero-order valence-corrected chi connectivity index (χ0v) is 17.8. The first-order valence-electron chi connectivity index (χ1n) is 9.54. The molecule has 1 aromatic heterocycles. The van der Waals surface area contributed by atoms with E-state index in [1.54, 1.807) is 6.20 Å². The van der Waals surface area contributed by atoms with Crippen molar-refractivity contribution in [1.29, 1.82) is 0 Å². The van der Waals surface area contributed by atoms with Gasteiger partial charge >= 0.3 is 0 Å². The van der Waals surface area contributed by atoms with E-state index in [9.17, 15) is 9.90 Å². The minimum atomic E-state index is -0.901. The topological polar surface area (TPSA) is 65.5 Å². The van der Waals surface area contributed by atoms with Crippen LogP contribution in [0.3, 0.4) is 0 Å². The maximum absolute atomic E-state index is 13.2. The number of likely N-dealkylation sites (tertiary alicyclic amines) is 1. The summed E-state index contributed by atoms with van der Waals surface area (Å²) >= 11 is 0. The van der Waals surface area contributed by atoms with E-state index in [-0.39, 0.29) is 35.6 Å². The predicted octanol–water partition coefficient (Wildman–Crippen LogP) is 2.82. The van der Waals surface area contributed by atoms with Crippen LogP contribution in [0.2, 0.25) is 0 Å². The van der Waals surface area contributed by atoms with Crippen LogP contribution in [0.1, 0.15) is 50.3 Å². The molecule has 1 aromatic rings. The molecule has 5 nitrogen and oxygen atoms in total. The first kappa shape index (κ1) is 22.4. The molecular weight excluding hydrogens is 385 g/mol. The zero-order chi connectivity index (χ0) is 17.7. The molecule has 3 aliphatic rings. The number of nitrogens with one attached hydrogen (secondary N) is 1. The highest BCUT2D eigenvalue weighted by Gasteiger charge is 2.68. The van der Waals surface area contributed by atoms with Gasteiger partial charge in [0.25, 0.3) is 0 Å². The highest BCUT2D eigenvalue weighted by Crippen LogP contribution is 2.69. The Hall–Kier alpha value is -0.880. The third-order valence-electron chi connectivity index (χ3n) is 7.04. The number of pyridine rings is 1. The largest absolute Gasteiger partial charge is 0.383 e. The zero-order valence-electron chi connectivity index (χ0n) is 16.2. The van der Waals surface area contributed by atoms with Gasteiger partial charge in [0.1, 0.15) is 5.60 Å². The van der Waals surface area contributed by atoms with Gasteiger partial charge in [0.2, 0.25) is 5.91 Å². The third kappa shape index (κ3) is 3.71. The molecule has 3 heterocycles. The Balaban J connectivity index is 0.00000131. The second-order valence-electron chi connectivity index (χ2n) is 8.58. The van der Waals surface area contributed by atoms with E-state index in [0.717, 1.165) is 43.6 Å². The van der Waals surface area contributed by atoms with Crippen LogP contribution >= 0.6 is 24.8 Å². The second kappa shape index (κ2) is 7.86. The number of aromatic nitrogens is 1. The number of carbonyl (C=O) groups excluding carboxylic acids is 1. The van der Waals surface area contributed by atoms with Gasteiger partial charge in [-0.05, 0) is 69.2 Å². The maximum Gasteiger partial charge on any atom is 0.229 e. The summed E-state index contributed by atoms with van der Waals surface area (Å²) in [6.07, 6.45) is 6.19. The van der Waals surface area contributed by atoms with Crippen molar-refractivity contribution < 1.29 is 9.90 Å². The lowest BCUT2D eigenvalue weighted by atomic mass is 9.83. The van der Waals surface area contributed by atoms with Gasteiger partial charge in [-0.15, -0.1) is 24.8 Å². The van der Waals surface area contributed by atoms with Gasteiger partial charge < -0.3 is 15.3 Å². The van der Waals surface area contributed by atoms with Crippen molar-refractivity contribution in [1.82, 2.24) is 15.2 Å². The average Bonchev–Trinajstić information content (AvgIpc) is 3.20. The first-order chi connectivity index (χ1) is 11.9. The van der Waals surface area contributed by atoms with Gasteiger partial charge in [-0.3, -0.25) is 9.78 Å². The average molecular weight is 416 g/mol. The summed E-state index contributed by atoms with van der Waals surface area (Å²) in [5.41, 5.74) is 0.960. The summed E-state index contributed by atoms with van der Waals surface area (Å²) in [5.74, 6) is 0.299. The summed E-state index contributed by atoms with van der Waals surface area (Å²) in [7, 11) is 0. The molecule has 2 aliphatic heterocycles. The Morgan fingerprint density at radius 2 is 1.78 bits per heavy atom. The molecule has 1 amide bonds. The Morgan fingerprint density at radius 3 is 2.33 bits per heavy atom. The summed E-state index contributed by atoms with van der Waals surface area (Å²) in [6.45, 7) is 7.45. The number of hydrogen-bond acceptors (Lipinski definition) is 4. The molecule has 1 unspecified atom stereocenters. The Labute approximate surface area is 174 Å². The number of aryl methyl sites for hydroxylation is 1. The predicted molar refractivity (Wildman–Crippen MR) is 110 cm³/mol. The fraction of sp³-hybridized carbons (Fsp3) is 0.700. The van der Waals surface area contributed by atoms with Gasteiger partial charge in [0.15, 0.2) is 0 Å². The number of rotatable bonds is 2. The van der Waals surface area contributed by atoms with E-state index in [4.69, 9.17) is 0 Å². The number of piperidine rings is 2. The van der Waals surface area contributed by atoms with Crippen LogP contribution in [-0.4, -0.2) is 47.1 Å². The minimum absolute atomic E-state index is 0. The SMILES string of the molecule is Cc1ccc(C2(O)CCN(C(=O)C3(C)CC34CCNCC4)CC2)nc1.Cl.Cl. The van der Waals surface area contributed by atoms with Crippen molar-refractivity contribution in [3.05, 3.63) is 29.6 Å². The molecule has 152 valence electrons. The molecule has 2 saturated heterocycles. The van der Waals surface area contributed by atoms with Crippen molar-refractivity contribution >= 4 is 30.7 Å². The summed E-state index contributed by atoms with van der Waals surface area (Å²) in [5, 5.41) is 14.4.